The molecule has 2 atom stereocenters. The van der Waals surface area contributed by atoms with Crippen LogP contribution >= 0.6 is 23.5 Å². The maximum absolute atomic E-state index is 5.25. The predicted octanol–water partition coefficient (Wildman–Crippen LogP) is 3.58. The quantitative estimate of drug-likeness (QED) is 0.866. The molecule has 0 amide bonds. The predicted molar refractivity (Wildman–Crippen MR) is 90.0 cm³/mol. The van der Waals surface area contributed by atoms with Gasteiger partial charge in [-0.15, -0.1) is 0 Å². The van der Waals surface area contributed by atoms with E-state index in [1.165, 1.54) is 35.7 Å². The average Bonchev–Trinajstić information content (AvgIpc) is 3.34. The first kappa shape index (κ1) is 14.6. The third kappa shape index (κ3) is 3.86. The van der Waals surface area contributed by atoms with Gasteiger partial charge in [-0.25, -0.2) is 0 Å². The van der Waals surface area contributed by atoms with Gasteiger partial charge in [-0.2, -0.15) is 23.5 Å². The first-order chi connectivity index (χ1) is 9.86. The fraction of sp³-hybridized carbons (Fsp3) is 0.625. The molecule has 1 aliphatic heterocycles. The zero-order valence-corrected chi connectivity index (χ0v) is 13.6. The van der Waals surface area contributed by atoms with Crippen LogP contribution in [0.15, 0.2) is 24.3 Å². The van der Waals surface area contributed by atoms with Gasteiger partial charge in [-0.1, -0.05) is 12.1 Å². The zero-order chi connectivity index (χ0) is 13.8. The van der Waals surface area contributed by atoms with Crippen molar-refractivity contribution in [1.29, 1.82) is 0 Å². The lowest BCUT2D eigenvalue weighted by Crippen LogP contribution is -2.32. The molecule has 1 N–H and O–H groups in total. The molecule has 0 radical (unpaired) electrons. The number of methoxy groups -OCH3 is 1. The van der Waals surface area contributed by atoms with Crippen LogP contribution in [0.4, 0.5) is 0 Å². The van der Waals surface area contributed by atoms with Crippen molar-refractivity contribution in [3.05, 3.63) is 29.8 Å². The van der Waals surface area contributed by atoms with Gasteiger partial charge in [-0.3, -0.25) is 0 Å². The standard InChI is InChI=1S/C16H23NOS2/c1-18-14-6-4-13(5-7-14)16(12-2-3-12)17-10-15-11-19-8-9-20-15/h4-7,12,15-17H,2-3,8-11H2,1H3. The van der Waals surface area contributed by atoms with E-state index >= 15 is 0 Å². The lowest BCUT2D eigenvalue weighted by atomic mass is 10.0. The van der Waals surface area contributed by atoms with Crippen LogP contribution < -0.4 is 10.1 Å². The number of rotatable bonds is 6. The second-order valence-corrected chi connectivity index (χ2v) is 8.12. The van der Waals surface area contributed by atoms with Crippen LogP contribution in [0.1, 0.15) is 24.4 Å². The second-order valence-electron chi connectivity index (χ2n) is 5.56. The minimum absolute atomic E-state index is 0.536. The molecule has 1 aromatic carbocycles. The van der Waals surface area contributed by atoms with Crippen LogP contribution in [0.5, 0.6) is 5.75 Å². The molecular weight excluding hydrogens is 286 g/mol. The van der Waals surface area contributed by atoms with Gasteiger partial charge in [-0.05, 0) is 36.5 Å². The Morgan fingerprint density at radius 1 is 1.25 bits per heavy atom. The summed E-state index contributed by atoms with van der Waals surface area (Å²) in [6, 6.07) is 9.14. The van der Waals surface area contributed by atoms with Gasteiger partial charge in [0.15, 0.2) is 0 Å². The van der Waals surface area contributed by atoms with E-state index in [2.05, 4.69) is 53.1 Å². The number of benzene rings is 1. The van der Waals surface area contributed by atoms with Crippen molar-refractivity contribution in [2.24, 2.45) is 5.92 Å². The Balaban J connectivity index is 1.59. The monoisotopic (exact) mass is 309 g/mol. The minimum Gasteiger partial charge on any atom is -0.497 e. The molecule has 2 nitrogen and oxygen atoms in total. The Morgan fingerprint density at radius 2 is 2.05 bits per heavy atom. The molecule has 4 heteroatoms. The summed E-state index contributed by atoms with van der Waals surface area (Å²) in [7, 11) is 1.73. The van der Waals surface area contributed by atoms with Crippen molar-refractivity contribution in [2.45, 2.75) is 24.1 Å². The Labute approximate surface area is 130 Å². The van der Waals surface area contributed by atoms with Crippen molar-refractivity contribution in [3.63, 3.8) is 0 Å². The summed E-state index contributed by atoms with van der Waals surface area (Å²) < 4.78 is 5.25. The summed E-state index contributed by atoms with van der Waals surface area (Å²) in [6.07, 6.45) is 2.74. The van der Waals surface area contributed by atoms with Crippen LogP contribution in [0.2, 0.25) is 0 Å². The minimum atomic E-state index is 0.536. The lowest BCUT2D eigenvalue weighted by Gasteiger charge is -2.25. The van der Waals surface area contributed by atoms with E-state index in [0.29, 0.717) is 6.04 Å². The summed E-state index contributed by atoms with van der Waals surface area (Å²) >= 11 is 4.24. The highest BCUT2D eigenvalue weighted by Crippen LogP contribution is 2.41. The molecule has 1 aromatic rings. The molecule has 1 heterocycles. The number of thioether (sulfide) groups is 2. The lowest BCUT2D eigenvalue weighted by molar-refractivity contribution is 0.414. The first-order valence-electron chi connectivity index (χ1n) is 7.43. The Kier molecular flexibility index (Phi) is 5.19. The third-order valence-electron chi connectivity index (χ3n) is 4.02. The van der Waals surface area contributed by atoms with Gasteiger partial charge < -0.3 is 10.1 Å². The molecule has 20 heavy (non-hydrogen) atoms. The Hall–Kier alpha value is -0.320. The summed E-state index contributed by atoms with van der Waals surface area (Å²) in [4.78, 5) is 0. The number of hydrogen-bond donors (Lipinski definition) is 1. The van der Waals surface area contributed by atoms with E-state index in [9.17, 15) is 0 Å². The summed E-state index contributed by atoms with van der Waals surface area (Å²) in [6.45, 7) is 1.14. The van der Waals surface area contributed by atoms with Gasteiger partial charge >= 0.3 is 0 Å². The van der Waals surface area contributed by atoms with Crippen molar-refractivity contribution >= 4 is 23.5 Å². The van der Waals surface area contributed by atoms with Crippen molar-refractivity contribution in [2.75, 3.05) is 30.9 Å². The largest absolute Gasteiger partial charge is 0.497 e. The van der Waals surface area contributed by atoms with Gasteiger partial charge in [0.05, 0.1) is 7.11 Å². The van der Waals surface area contributed by atoms with E-state index < -0.39 is 0 Å². The molecule has 110 valence electrons. The van der Waals surface area contributed by atoms with E-state index in [-0.39, 0.29) is 0 Å². The molecule has 3 rings (SSSR count). The zero-order valence-electron chi connectivity index (χ0n) is 12.0. The molecule has 1 saturated heterocycles. The molecule has 2 unspecified atom stereocenters. The number of nitrogens with one attached hydrogen (secondary N) is 1. The molecule has 2 aliphatic rings. The van der Waals surface area contributed by atoms with E-state index in [1.807, 2.05) is 0 Å². The molecular formula is C16H23NOS2. The summed E-state index contributed by atoms with van der Waals surface area (Å²) in [5, 5.41) is 4.62. The first-order valence-corrected chi connectivity index (χ1v) is 9.64. The highest BCUT2D eigenvalue weighted by molar-refractivity contribution is 8.06. The van der Waals surface area contributed by atoms with Crippen LogP contribution in [0, 0.1) is 5.92 Å². The van der Waals surface area contributed by atoms with Gasteiger partial charge in [0.25, 0.3) is 0 Å². The third-order valence-corrected chi connectivity index (χ3v) is 6.86. The van der Waals surface area contributed by atoms with Crippen LogP contribution in [-0.2, 0) is 0 Å². The normalized spacial score (nSPS) is 24.4. The number of ether oxygens (including phenoxy) is 1. The average molecular weight is 310 g/mol. The Morgan fingerprint density at radius 3 is 2.65 bits per heavy atom. The maximum Gasteiger partial charge on any atom is 0.118 e. The van der Waals surface area contributed by atoms with Gasteiger partial charge in [0, 0.05) is 35.1 Å². The van der Waals surface area contributed by atoms with Crippen molar-refractivity contribution in [3.8, 4) is 5.75 Å². The van der Waals surface area contributed by atoms with Crippen LogP contribution in [0.25, 0.3) is 0 Å². The molecule has 1 aliphatic carbocycles. The molecule has 0 bridgehead atoms. The van der Waals surface area contributed by atoms with E-state index in [1.54, 1.807) is 7.11 Å². The smallest absolute Gasteiger partial charge is 0.118 e. The molecule has 1 saturated carbocycles. The SMILES string of the molecule is COc1ccc(C(NCC2CSCCS2)C2CC2)cc1. The van der Waals surface area contributed by atoms with E-state index in [0.717, 1.165) is 23.5 Å². The summed E-state index contributed by atoms with van der Waals surface area (Å²) in [5.74, 6) is 5.73. The van der Waals surface area contributed by atoms with Crippen LogP contribution in [0.3, 0.4) is 0 Å². The van der Waals surface area contributed by atoms with Crippen molar-refractivity contribution < 1.29 is 4.74 Å². The maximum atomic E-state index is 5.25. The fourth-order valence-corrected chi connectivity index (χ4v) is 5.34. The highest BCUT2D eigenvalue weighted by Gasteiger charge is 2.32. The fourth-order valence-electron chi connectivity index (χ4n) is 2.71. The molecule has 0 spiro atoms. The number of hydrogen-bond acceptors (Lipinski definition) is 4. The van der Waals surface area contributed by atoms with Gasteiger partial charge in [0.1, 0.15) is 5.75 Å². The van der Waals surface area contributed by atoms with Crippen LogP contribution in [-0.4, -0.2) is 36.2 Å². The summed E-state index contributed by atoms with van der Waals surface area (Å²) in [5.41, 5.74) is 1.42. The van der Waals surface area contributed by atoms with Crippen molar-refractivity contribution in [1.82, 2.24) is 5.32 Å². The topological polar surface area (TPSA) is 21.3 Å². The van der Waals surface area contributed by atoms with Gasteiger partial charge in [0.2, 0.25) is 0 Å². The molecule has 2 fully saturated rings. The van der Waals surface area contributed by atoms with E-state index in [4.69, 9.17) is 4.74 Å². The Bertz CT molecular complexity index is 413. The molecule has 0 aromatic heterocycles. The highest BCUT2D eigenvalue weighted by atomic mass is 32.2. The second kappa shape index (κ2) is 7.10.